The van der Waals surface area contributed by atoms with Crippen molar-refractivity contribution < 1.29 is 4.79 Å². The van der Waals surface area contributed by atoms with Crippen molar-refractivity contribution in [2.45, 2.75) is 24.3 Å². The molecule has 0 saturated carbocycles. The number of thioether (sulfide) groups is 1. The van der Waals surface area contributed by atoms with E-state index in [2.05, 4.69) is 10.3 Å². The van der Waals surface area contributed by atoms with Gasteiger partial charge in [0.1, 0.15) is 0 Å². The van der Waals surface area contributed by atoms with Crippen LogP contribution >= 0.6 is 11.8 Å². The molecule has 3 rings (SSSR count). The van der Waals surface area contributed by atoms with Crippen LogP contribution in [0.3, 0.4) is 0 Å². The average Bonchev–Trinajstić information content (AvgIpc) is 2.63. The molecule has 1 N–H and O–H groups in total. The minimum absolute atomic E-state index is 0.0745. The molecule has 1 amide bonds. The van der Waals surface area contributed by atoms with Crippen molar-refractivity contribution in [1.82, 2.24) is 14.9 Å². The van der Waals surface area contributed by atoms with Crippen LogP contribution in [0.15, 0.2) is 64.5 Å². The maximum absolute atomic E-state index is 13.0. The van der Waals surface area contributed by atoms with E-state index in [1.165, 1.54) is 11.8 Å². The van der Waals surface area contributed by atoms with E-state index < -0.39 is 0 Å². The Morgan fingerprint density at radius 3 is 2.56 bits per heavy atom. The molecule has 0 bridgehead atoms. The van der Waals surface area contributed by atoms with Crippen molar-refractivity contribution >= 4 is 28.6 Å². The standard InChI is InChI=1S/C19H19N3O2S/c1-3-20-17(23)13(2)25-19-21-16-12-8-7-11-15(16)18(24)22(19)14-9-5-4-6-10-14/h4-13H,3H2,1-2H3,(H,20,23). The van der Waals surface area contributed by atoms with E-state index in [9.17, 15) is 9.59 Å². The van der Waals surface area contributed by atoms with Crippen molar-refractivity contribution in [3.63, 3.8) is 0 Å². The highest BCUT2D eigenvalue weighted by atomic mass is 32.2. The van der Waals surface area contributed by atoms with Gasteiger partial charge >= 0.3 is 0 Å². The number of hydrogen-bond donors (Lipinski definition) is 1. The van der Waals surface area contributed by atoms with Gasteiger partial charge in [0, 0.05) is 6.54 Å². The molecule has 1 atom stereocenters. The molecule has 1 heterocycles. The third-order valence-corrected chi connectivity index (χ3v) is 4.81. The molecule has 0 fully saturated rings. The van der Waals surface area contributed by atoms with E-state index >= 15 is 0 Å². The fraction of sp³-hybridized carbons (Fsp3) is 0.211. The van der Waals surface area contributed by atoms with Gasteiger partial charge in [-0.05, 0) is 38.1 Å². The Balaban J connectivity index is 2.16. The third-order valence-electron chi connectivity index (χ3n) is 3.76. The number of carbonyl (C=O) groups is 1. The van der Waals surface area contributed by atoms with Crippen LogP contribution < -0.4 is 10.9 Å². The first-order valence-corrected chi connectivity index (χ1v) is 9.01. The highest BCUT2D eigenvalue weighted by Crippen LogP contribution is 2.25. The van der Waals surface area contributed by atoms with E-state index in [1.807, 2.05) is 62.4 Å². The number of benzene rings is 2. The van der Waals surface area contributed by atoms with Crippen LogP contribution in [-0.2, 0) is 4.79 Å². The van der Waals surface area contributed by atoms with Crippen LogP contribution in [0.5, 0.6) is 0 Å². The summed E-state index contributed by atoms with van der Waals surface area (Å²) in [5.41, 5.74) is 1.23. The minimum atomic E-state index is -0.358. The van der Waals surface area contributed by atoms with Gasteiger partial charge in [-0.15, -0.1) is 0 Å². The van der Waals surface area contributed by atoms with Crippen LogP contribution in [0.2, 0.25) is 0 Å². The van der Waals surface area contributed by atoms with Crippen molar-refractivity contribution in [3.8, 4) is 5.69 Å². The number of fused-ring (bicyclic) bond motifs is 1. The number of hydrogen-bond acceptors (Lipinski definition) is 4. The Morgan fingerprint density at radius 1 is 1.16 bits per heavy atom. The highest BCUT2D eigenvalue weighted by molar-refractivity contribution is 8.00. The predicted octanol–water partition coefficient (Wildman–Crippen LogP) is 3.00. The zero-order valence-corrected chi connectivity index (χ0v) is 14.9. The Bertz CT molecular complexity index is 954. The van der Waals surface area contributed by atoms with Crippen LogP contribution in [-0.4, -0.2) is 27.3 Å². The van der Waals surface area contributed by atoms with Crippen LogP contribution in [0.1, 0.15) is 13.8 Å². The predicted molar refractivity (Wildman–Crippen MR) is 101 cm³/mol. The van der Waals surface area contributed by atoms with Crippen molar-refractivity contribution in [3.05, 3.63) is 65.0 Å². The lowest BCUT2D eigenvalue weighted by Gasteiger charge is -2.16. The van der Waals surface area contributed by atoms with Gasteiger partial charge in [-0.25, -0.2) is 4.98 Å². The van der Waals surface area contributed by atoms with E-state index in [0.717, 1.165) is 5.69 Å². The number of rotatable bonds is 5. The minimum Gasteiger partial charge on any atom is -0.355 e. The summed E-state index contributed by atoms with van der Waals surface area (Å²) in [7, 11) is 0. The summed E-state index contributed by atoms with van der Waals surface area (Å²) >= 11 is 1.28. The van der Waals surface area contributed by atoms with Crippen LogP contribution in [0, 0.1) is 0 Å². The zero-order chi connectivity index (χ0) is 17.8. The maximum Gasteiger partial charge on any atom is 0.266 e. The third kappa shape index (κ3) is 3.58. The normalized spacial score (nSPS) is 12.1. The van der Waals surface area contributed by atoms with Gasteiger partial charge in [0.25, 0.3) is 5.56 Å². The lowest BCUT2D eigenvalue weighted by Crippen LogP contribution is -2.31. The van der Waals surface area contributed by atoms with Crippen molar-refractivity contribution in [2.75, 3.05) is 6.54 Å². The average molecular weight is 353 g/mol. The van der Waals surface area contributed by atoms with Gasteiger partial charge in [-0.1, -0.05) is 42.1 Å². The molecule has 0 aliphatic rings. The summed E-state index contributed by atoms with van der Waals surface area (Å²) in [6, 6.07) is 16.6. The second-order valence-electron chi connectivity index (χ2n) is 5.54. The monoisotopic (exact) mass is 353 g/mol. The number of para-hydroxylation sites is 2. The Labute approximate surface area is 150 Å². The number of aromatic nitrogens is 2. The lowest BCUT2D eigenvalue weighted by molar-refractivity contribution is -0.120. The summed E-state index contributed by atoms with van der Waals surface area (Å²) < 4.78 is 1.57. The molecule has 0 radical (unpaired) electrons. The SMILES string of the molecule is CCNC(=O)C(C)Sc1nc2ccccc2c(=O)n1-c1ccccc1. The van der Waals surface area contributed by atoms with Gasteiger partial charge in [-0.2, -0.15) is 0 Å². The molecule has 5 nitrogen and oxygen atoms in total. The fourth-order valence-corrected chi connectivity index (χ4v) is 3.48. The van der Waals surface area contributed by atoms with Crippen molar-refractivity contribution in [2.24, 2.45) is 0 Å². The molecule has 0 aliphatic carbocycles. The molecule has 128 valence electrons. The molecule has 2 aromatic carbocycles. The molecular weight excluding hydrogens is 334 g/mol. The fourth-order valence-electron chi connectivity index (χ4n) is 2.53. The molecule has 1 aromatic heterocycles. The largest absolute Gasteiger partial charge is 0.355 e. The second-order valence-corrected chi connectivity index (χ2v) is 6.85. The first kappa shape index (κ1) is 17.2. The summed E-state index contributed by atoms with van der Waals surface area (Å²) in [6.07, 6.45) is 0. The number of carbonyl (C=O) groups excluding carboxylic acids is 1. The first-order valence-electron chi connectivity index (χ1n) is 8.13. The van der Waals surface area contributed by atoms with E-state index in [0.29, 0.717) is 22.6 Å². The van der Waals surface area contributed by atoms with Crippen molar-refractivity contribution in [1.29, 1.82) is 0 Å². The van der Waals surface area contributed by atoms with E-state index in [-0.39, 0.29) is 16.7 Å². The molecule has 0 spiro atoms. The molecule has 3 aromatic rings. The summed E-state index contributed by atoms with van der Waals surface area (Å²) in [4.78, 5) is 29.8. The first-order chi connectivity index (χ1) is 12.1. The van der Waals surface area contributed by atoms with Gasteiger partial charge in [0.05, 0.1) is 21.8 Å². The molecule has 0 saturated heterocycles. The topological polar surface area (TPSA) is 64.0 Å². The molecular formula is C19H19N3O2S. The molecule has 6 heteroatoms. The summed E-state index contributed by atoms with van der Waals surface area (Å²) in [5, 5.41) is 3.51. The Morgan fingerprint density at radius 2 is 1.84 bits per heavy atom. The quantitative estimate of drug-likeness (QED) is 0.566. The number of amides is 1. The smallest absolute Gasteiger partial charge is 0.266 e. The van der Waals surface area contributed by atoms with Gasteiger partial charge in [-0.3, -0.25) is 14.2 Å². The number of nitrogens with one attached hydrogen (secondary N) is 1. The van der Waals surface area contributed by atoms with E-state index in [4.69, 9.17) is 0 Å². The lowest BCUT2D eigenvalue weighted by atomic mass is 10.2. The second kappa shape index (κ2) is 7.53. The van der Waals surface area contributed by atoms with E-state index in [1.54, 1.807) is 10.6 Å². The summed E-state index contributed by atoms with van der Waals surface area (Å²) in [5.74, 6) is -0.0745. The highest BCUT2D eigenvalue weighted by Gasteiger charge is 2.19. The molecule has 1 unspecified atom stereocenters. The van der Waals surface area contributed by atoms with Crippen LogP contribution in [0.4, 0.5) is 0 Å². The van der Waals surface area contributed by atoms with Gasteiger partial charge < -0.3 is 5.32 Å². The van der Waals surface area contributed by atoms with Gasteiger partial charge in [0.15, 0.2) is 5.16 Å². The molecule has 0 aliphatic heterocycles. The van der Waals surface area contributed by atoms with Gasteiger partial charge in [0.2, 0.25) is 5.91 Å². The molecule has 25 heavy (non-hydrogen) atoms. The number of nitrogens with zero attached hydrogens (tertiary/aromatic N) is 2. The zero-order valence-electron chi connectivity index (χ0n) is 14.1. The summed E-state index contributed by atoms with van der Waals surface area (Å²) in [6.45, 7) is 4.26. The Hall–Kier alpha value is -2.60. The Kier molecular flexibility index (Phi) is 5.19. The maximum atomic E-state index is 13.0. The van der Waals surface area contributed by atoms with Crippen LogP contribution in [0.25, 0.3) is 16.6 Å².